The SMILES string of the molecule is O=C(Nc1ccc(SC(F)F)cc1)c1ccccn1. The van der Waals surface area contributed by atoms with E-state index in [0.717, 1.165) is 0 Å². The van der Waals surface area contributed by atoms with Crippen molar-refractivity contribution in [1.29, 1.82) is 0 Å². The molecule has 1 N–H and O–H groups in total. The van der Waals surface area contributed by atoms with Gasteiger partial charge in [-0.15, -0.1) is 0 Å². The average molecular weight is 280 g/mol. The molecule has 0 spiro atoms. The average Bonchev–Trinajstić information content (AvgIpc) is 2.41. The van der Waals surface area contributed by atoms with E-state index in [1.807, 2.05) is 0 Å². The summed E-state index contributed by atoms with van der Waals surface area (Å²) >= 11 is 0.464. The van der Waals surface area contributed by atoms with Gasteiger partial charge in [0.05, 0.1) is 0 Å². The van der Waals surface area contributed by atoms with Crippen LogP contribution in [0, 0.1) is 0 Å². The van der Waals surface area contributed by atoms with Crippen molar-refractivity contribution >= 4 is 23.4 Å². The van der Waals surface area contributed by atoms with Crippen LogP contribution in [0.4, 0.5) is 14.5 Å². The monoisotopic (exact) mass is 280 g/mol. The molecule has 0 aliphatic carbocycles. The molecule has 1 aromatic heterocycles. The van der Waals surface area contributed by atoms with Crippen LogP contribution in [0.1, 0.15) is 10.5 Å². The fraction of sp³-hybridized carbons (Fsp3) is 0.0769. The van der Waals surface area contributed by atoms with E-state index in [1.165, 1.54) is 18.3 Å². The molecule has 6 heteroatoms. The van der Waals surface area contributed by atoms with Crippen LogP contribution in [0.2, 0.25) is 0 Å². The summed E-state index contributed by atoms with van der Waals surface area (Å²) in [6, 6.07) is 11.2. The first-order chi connectivity index (χ1) is 9.15. The Bertz CT molecular complexity index is 546. The van der Waals surface area contributed by atoms with Crippen molar-refractivity contribution in [1.82, 2.24) is 4.98 Å². The van der Waals surface area contributed by atoms with Crippen molar-refractivity contribution in [3.63, 3.8) is 0 Å². The summed E-state index contributed by atoms with van der Waals surface area (Å²) < 4.78 is 24.3. The second-order valence-electron chi connectivity index (χ2n) is 3.57. The van der Waals surface area contributed by atoms with Gasteiger partial charge in [0.15, 0.2) is 0 Å². The predicted molar refractivity (Wildman–Crippen MR) is 70.5 cm³/mol. The summed E-state index contributed by atoms with van der Waals surface area (Å²) in [6.45, 7) is 0. The lowest BCUT2D eigenvalue weighted by Crippen LogP contribution is -2.13. The normalized spacial score (nSPS) is 10.5. The Kier molecular flexibility index (Phi) is 4.46. The maximum Gasteiger partial charge on any atom is 0.288 e. The standard InChI is InChI=1S/C13H10F2N2OS/c14-13(15)19-10-6-4-9(5-7-10)17-12(18)11-3-1-2-8-16-11/h1-8,13H,(H,17,18). The van der Waals surface area contributed by atoms with E-state index >= 15 is 0 Å². The molecule has 1 aromatic carbocycles. The maximum absolute atomic E-state index is 12.1. The van der Waals surface area contributed by atoms with Gasteiger partial charge in [0.1, 0.15) is 5.69 Å². The smallest absolute Gasteiger partial charge is 0.288 e. The molecule has 0 saturated carbocycles. The summed E-state index contributed by atoms with van der Waals surface area (Å²) in [5.41, 5.74) is 0.836. The topological polar surface area (TPSA) is 42.0 Å². The number of benzene rings is 1. The van der Waals surface area contributed by atoms with E-state index in [0.29, 0.717) is 28.0 Å². The lowest BCUT2D eigenvalue weighted by atomic mass is 10.3. The molecule has 1 amide bonds. The first-order valence-corrected chi connectivity index (χ1v) is 6.30. The van der Waals surface area contributed by atoms with Gasteiger partial charge in [0.25, 0.3) is 11.7 Å². The van der Waals surface area contributed by atoms with E-state index in [1.54, 1.807) is 30.3 Å². The fourth-order valence-corrected chi connectivity index (χ4v) is 1.91. The number of amides is 1. The highest BCUT2D eigenvalue weighted by atomic mass is 32.2. The summed E-state index contributed by atoms with van der Waals surface area (Å²) in [6.07, 6.45) is 1.53. The van der Waals surface area contributed by atoms with Gasteiger partial charge in [0.2, 0.25) is 0 Å². The zero-order chi connectivity index (χ0) is 13.7. The molecule has 2 rings (SSSR count). The number of halogens is 2. The summed E-state index contributed by atoms with van der Waals surface area (Å²) in [7, 11) is 0. The Hall–Kier alpha value is -1.95. The number of thioether (sulfide) groups is 1. The second-order valence-corrected chi connectivity index (χ2v) is 4.64. The third kappa shape index (κ3) is 4.03. The largest absolute Gasteiger partial charge is 0.321 e. The molecule has 0 aliphatic rings. The molecule has 0 saturated heterocycles. The molecular weight excluding hydrogens is 270 g/mol. The van der Waals surface area contributed by atoms with Crippen LogP contribution in [0.3, 0.4) is 0 Å². The van der Waals surface area contributed by atoms with Crippen LogP contribution in [0.25, 0.3) is 0 Å². The van der Waals surface area contributed by atoms with Crippen molar-refractivity contribution in [2.75, 3.05) is 5.32 Å². The number of nitrogens with zero attached hydrogens (tertiary/aromatic N) is 1. The number of aromatic nitrogens is 1. The summed E-state index contributed by atoms with van der Waals surface area (Å²) in [5, 5.41) is 2.64. The molecule has 0 unspecified atom stereocenters. The number of anilines is 1. The first kappa shape index (κ1) is 13.5. The molecule has 19 heavy (non-hydrogen) atoms. The second kappa shape index (κ2) is 6.29. The Morgan fingerprint density at radius 2 is 1.89 bits per heavy atom. The maximum atomic E-state index is 12.1. The molecule has 0 radical (unpaired) electrons. The van der Waals surface area contributed by atoms with Crippen LogP contribution in [0.5, 0.6) is 0 Å². The third-order valence-corrected chi connectivity index (χ3v) is 2.96. The molecular formula is C13H10F2N2OS. The number of nitrogens with one attached hydrogen (secondary N) is 1. The van der Waals surface area contributed by atoms with Crippen LogP contribution >= 0.6 is 11.8 Å². The van der Waals surface area contributed by atoms with Gasteiger partial charge in [-0.05, 0) is 36.4 Å². The highest BCUT2D eigenvalue weighted by molar-refractivity contribution is 7.99. The van der Waals surface area contributed by atoms with Gasteiger partial charge < -0.3 is 5.32 Å². The van der Waals surface area contributed by atoms with Crippen molar-refractivity contribution < 1.29 is 13.6 Å². The van der Waals surface area contributed by atoms with Crippen molar-refractivity contribution in [2.24, 2.45) is 0 Å². The highest BCUT2D eigenvalue weighted by Crippen LogP contribution is 2.26. The molecule has 0 atom stereocenters. The van der Waals surface area contributed by atoms with E-state index in [4.69, 9.17) is 0 Å². The van der Waals surface area contributed by atoms with E-state index in [2.05, 4.69) is 10.3 Å². The quantitative estimate of drug-likeness (QED) is 0.869. The minimum Gasteiger partial charge on any atom is -0.321 e. The third-order valence-electron chi connectivity index (χ3n) is 2.23. The number of hydrogen-bond donors (Lipinski definition) is 1. The highest BCUT2D eigenvalue weighted by Gasteiger charge is 2.08. The lowest BCUT2D eigenvalue weighted by Gasteiger charge is -2.05. The van der Waals surface area contributed by atoms with Crippen molar-refractivity contribution in [3.05, 3.63) is 54.4 Å². The number of hydrogen-bond acceptors (Lipinski definition) is 3. The van der Waals surface area contributed by atoms with Gasteiger partial charge in [-0.3, -0.25) is 9.78 Å². The number of alkyl halides is 2. The molecule has 0 fully saturated rings. The number of pyridine rings is 1. The Morgan fingerprint density at radius 3 is 2.47 bits per heavy atom. The Morgan fingerprint density at radius 1 is 1.16 bits per heavy atom. The van der Waals surface area contributed by atoms with Gasteiger partial charge in [0, 0.05) is 16.8 Å². The summed E-state index contributed by atoms with van der Waals surface area (Å²) in [5.74, 6) is -2.79. The molecule has 98 valence electrons. The zero-order valence-electron chi connectivity index (χ0n) is 9.72. The Labute approximate surface area is 113 Å². The minimum absolute atomic E-state index is 0.300. The Balaban J connectivity index is 2.02. The number of rotatable bonds is 4. The zero-order valence-corrected chi connectivity index (χ0v) is 10.5. The van der Waals surface area contributed by atoms with Crippen LogP contribution < -0.4 is 5.32 Å². The number of carbonyl (C=O) groups is 1. The molecule has 1 heterocycles. The summed E-state index contributed by atoms with van der Waals surface area (Å²) in [4.78, 5) is 16.1. The number of carbonyl (C=O) groups excluding carboxylic acids is 1. The minimum atomic E-state index is -2.45. The predicted octanol–water partition coefficient (Wildman–Crippen LogP) is 3.65. The van der Waals surface area contributed by atoms with Crippen molar-refractivity contribution in [3.8, 4) is 0 Å². The molecule has 0 bridgehead atoms. The molecule has 0 aliphatic heterocycles. The van der Waals surface area contributed by atoms with E-state index in [9.17, 15) is 13.6 Å². The molecule has 3 nitrogen and oxygen atoms in total. The van der Waals surface area contributed by atoms with Gasteiger partial charge in [-0.2, -0.15) is 8.78 Å². The van der Waals surface area contributed by atoms with Gasteiger partial charge >= 0.3 is 0 Å². The van der Waals surface area contributed by atoms with Crippen LogP contribution in [0.15, 0.2) is 53.6 Å². The van der Waals surface area contributed by atoms with Gasteiger partial charge in [-0.1, -0.05) is 17.8 Å². The van der Waals surface area contributed by atoms with Gasteiger partial charge in [-0.25, -0.2) is 0 Å². The van der Waals surface area contributed by atoms with Crippen LogP contribution in [-0.4, -0.2) is 16.6 Å². The first-order valence-electron chi connectivity index (χ1n) is 5.42. The van der Waals surface area contributed by atoms with E-state index < -0.39 is 5.76 Å². The van der Waals surface area contributed by atoms with Crippen molar-refractivity contribution in [2.45, 2.75) is 10.7 Å². The molecule has 2 aromatic rings. The lowest BCUT2D eigenvalue weighted by molar-refractivity contribution is 0.102. The van der Waals surface area contributed by atoms with E-state index in [-0.39, 0.29) is 5.91 Å². The van der Waals surface area contributed by atoms with Crippen LogP contribution in [-0.2, 0) is 0 Å². The fourth-order valence-electron chi connectivity index (χ4n) is 1.41.